The zero-order valence-corrected chi connectivity index (χ0v) is 14.2. The van der Waals surface area contributed by atoms with Gasteiger partial charge in [-0.3, -0.25) is 9.59 Å². The summed E-state index contributed by atoms with van der Waals surface area (Å²) >= 11 is 0. The Balaban J connectivity index is 1.52. The minimum atomic E-state index is -0.135. The average molecular weight is 345 g/mol. The maximum Gasteiger partial charge on any atom is 0.251 e. The van der Waals surface area contributed by atoms with Gasteiger partial charge in [0.25, 0.3) is 5.91 Å². The Kier molecular flexibility index (Phi) is 5.78. The molecule has 1 N–H and O–H groups in total. The molecule has 26 heavy (non-hydrogen) atoms. The lowest BCUT2D eigenvalue weighted by atomic mass is 10.0. The fraction of sp³-hybridized carbons (Fsp3) is 0.0909. The van der Waals surface area contributed by atoms with Crippen LogP contribution in [0.25, 0.3) is 11.1 Å². The number of ether oxygens (including phenoxy) is 1. The first-order valence-electron chi connectivity index (χ1n) is 8.38. The van der Waals surface area contributed by atoms with E-state index in [0.717, 1.165) is 23.2 Å². The van der Waals surface area contributed by atoms with Crippen LogP contribution in [-0.2, 0) is 0 Å². The second kappa shape index (κ2) is 8.62. The molecular weight excluding hydrogens is 326 g/mol. The summed E-state index contributed by atoms with van der Waals surface area (Å²) in [5.41, 5.74) is 3.23. The maximum absolute atomic E-state index is 12.2. The number of hydrogen-bond acceptors (Lipinski definition) is 3. The molecule has 3 rings (SSSR count). The van der Waals surface area contributed by atoms with Gasteiger partial charge in [-0.05, 0) is 35.4 Å². The molecule has 0 radical (unpaired) electrons. The fourth-order valence-electron chi connectivity index (χ4n) is 2.52. The van der Waals surface area contributed by atoms with Crippen molar-refractivity contribution in [3.8, 4) is 16.9 Å². The topological polar surface area (TPSA) is 55.4 Å². The van der Waals surface area contributed by atoms with E-state index >= 15 is 0 Å². The molecule has 0 bridgehead atoms. The molecule has 0 aromatic heterocycles. The number of rotatable bonds is 7. The Morgan fingerprint density at radius 2 is 1.46 bits per heavy atom. The minimum Gasteiger partial charge on any atom is -0.492 e. The first-order chi connectivity index (χ1) is 12.8. The van der Waals surface area contributed by atoms with Gasteiger partial charge >= 0.3 is 0 Å². The highest BCUT2D eigenvalue weighted by Crippen LogP contribution is 2.20. The normalized spacial score (nSPS) is 10.2. The largest absolute Gasteiger partial charge is 0.492 e. The Bertz CT molecular complexity index is 856. The molecular formula is C22H19NO3. The molecule has 0 fully saturated rings. The highest BCUT2D eigenvalue weighted by molar-refractivity contribution is 5.94. The van der Waals surface area contributed by atoms with Crippen molar-refractivity contribution >= 4 is 12.2 Å². The van der Waals surface area contributed by atoms with E-state index in [9.17, 15) is 9.59 Å². The van der Waals surface area contributed by atoms with Gasteiger partial charge in [-0.25, -0.2) is 0 Å². The lowest BCUT2D eigenvalue weighted by molar-refractivity contribution is 0.0946. The molecule has 0 spiro atoms. The van der Waals surface area contributed by atoms with Crippen molar-refractivity contribution in [2.75, 3.05) is 13.2 Å². The lowest BCUT2D eigenvalue weighted by Crippen LogP contribution is -2.28. The molecule has 130 valence electrons. The quantitative estimate of drug-likeness (QED) is 0.521. The number of para-hydroxylation sites is 1. The molecule has 0 aliphatic carbocycles. The summed E-state index contributed by atoms with van der Waals surface area (Å²) < 4.78 is 5.55. The monoisotopic (exact) mass is 345 g/mol. The SMILES string of the molecule is O=Cc1ccc(-c2ccc(C(=O)NCCOc3ccccc3)cc2)cc1. The summed E-state index contributed by atoms with van der Waals surface area (Å²) in [5.74, 6) is 0.649. The Hall–Kier alpha value is -3.40. The van der Waals surface area contributed by atoms with Crippen molar-refractivity contribution in [2.24, 2.45) is 0 Å². The Labute approximate surface area is 152 Å². The van der Waals surface area contributed by atoms with Crippen LogP contribution in [0.5, 0.6) is 5.75 Å². The van der Waals surface area contributed by atoms with Crippen LogP contribution in [0.4, 0.5) is 0 Å². The summed E-state index contributed by atoms with van der Waals surface area (Å²) in [6.07, 6.45) is 0.818. The number of nitrogens with one attached hydrogen (secondary N) is 1. The van der Waals surface area contributed by atoms with Gasteiger partial charge in [-0.2, -0.15) is 0 Å². The summed E-state index contributed by atoms with van der Waals surface area (Å²) in [6.45, 7) is 0.847. The van der Waals surface area contributed by atoms with E-state index in [1.54, 1.807) is 24.3 Å². The third-order valence-electron chi connectivity index (χ3n) is 3.93. The summed E-state index contributed by atoms with van der Waals surface area (Å²) in [4.78, 5) is 22.9. The smallest absolute Gasteiger partial charge is 0.251 e. The molecule has 0 atom stereocenters. The zero-order chi connectivity index (χ0) is 18.2. The molecule has 0 aliphatic heterocycles. The summed E-state index contributed by atoms with van der Waals surface area (Å²) in [6, 6.07) is 24.2. The van der Waals surface area contributed by atoms with Gasteiger partial charge in [-0.1, -0.05) is 54.6 Å². The molecule has 1 amide bonds. The van der Waals surface area contributed by atoms with Crippen molar-refractivity contribution in [3.63, 3.8) is 0 Å². The summed E-state index contributed by atoms with van der Waals surface area (Å²) in [5, 5.41) is 2.84. The lowest BCUT2D eigenvalue weighted by Gasteiger charge is -2.08. The standard InChI is InChI=1S/C22H19NO3/c24-16-17-6-8-18(9-7-17)19-10-12-20(13-11-19)22(25)23-14-15-26-21-4-2-1-3-5-21/h1-13,16H,14-15H2,(H,23,25). The first kappa shape index (κ1) is 17.4. The average Bonchev–Trinajstić information content (AvgIpc) is 2.72. The Morgan fingerprint density at radius 3 is 2.08 bits per heavy atom. The molecule has 4 nitrogen and oxygen atoms in total. The number of amides is 1. The summed E-state index contributed by atoms with van der Waals surface area (Å²) in [7, 11) is 0. The van der Waals surface area contributed by atoms with E-state index in [0.29, 0.717) is 24.3 Å². The highest BCUT2D eigenvalue weighted by Gasteiger charge is 2.06. The van der Waals surface area contributed by atoms with Crippen molar-refractivity contribution < 1.29 is 14.3 Å². The molecule has 0 unspecified atom stereocenters. The van der Waals surface area contributed by atoms with Gasteiger partial charge in [0.05, 0.1) is 6.54 Å². The van der Waals surface area contributed by atoms with Crippen molar-refractivity contribution in [3.05, 3.63) is 90.0 Å². The molecule has 3 aromatic carbocycles. The van der Waals surface area contributed by atoms with E-state index < -0.39 is 0 Å². The third kappa shape index (κ3) is 4.57. The second-order valence-electron chi connectivity index (χ2n) is 5.73. The van der Waals surface area contributed by atoms with Gasteiger partial charge < -0.3 is 10.1 Å². The molecule has 0 aliphatic rings. The molecule has 0 saturated carbocycles. The van der Waals surface area contributed by atoms with Crippen LogP contribution in [0.1, 0.15) is 20.7 Å². The van der Waals surface area contributed by atoms with Crippen molar-refractivity contribution in [1.82, 2.24) is 5.32 Å². The van der Waals surface area contributed by atoms with Gasteiger partial charge in [0, 0.05) is 11.1 Å². The van der Waals surface area contributed by atoms with Crippen LogP contribution in [0.3, 0.4) is 0 Å². The molecule has 4 heteroatoms. The third-order valence-corrected chi connectivity index (χ3v) is 3.93. The van der Waals surface area contributed by atoms with Crippen LogP contribution in [0, 0.1) is 0 Å². The van der Waals surface area contributed by atoms with Gasteiger partial charge in [0.1, 0.15) is 18.6 Å². The van der Waals surface area contributed by atoms with E-state index in [1.807, 2.05) is 54.6 Å². The highest BCUT2D eigenvalue weighted by atomic mass is 16.5. The number of carbonyl (C=O) groups excluding carboxylic acids is 2. The number of hydrogen-bond donors (Lipinski definition) is 1. The fourth-order valence-corrected chi connectivity index (χ4v) is 2.52. The maximum atomic E-state index is 12.2. The van der Waals surface area contributed by atoms with Gasteiger partial charge in [0.15, 0.2) is 0 Å². The zero-order valence-electron chi connectivity index (χ0n) is 14.2. The number of carbonyl (C=O) groups is 2. The van der Waals surface area contributed by atoms with E-state index in [4.69, 9.17) is 4.74 Å². The van der Waals surface area contributed by atoms with Crippen LogP contribution in [0.15, 0.2) is 78.9 Å². The first-order valence-corrected chi connectivity index (χ1v) is 8.38. The van der Waals surface area contributed by atoms with Crippen molar-refractivity contribution in [2.45, 2.75) is 0 Å². The van der Waals surface area contributed by atoms with Crippen LogP contribution in [-0.4, -0.2) is 25.3 Å². The van der Waals surface area contributed by atoms with E-state index in [-0.39, 0.29) is 5.91 Å². The molecule has 0 heterocycles. The minimum absolute atomic E-state index is 0.135. The molecule has 3 aromatic rings. The molecule has 0 saturated heterocycles. The predicted octanol–water partition coefficient (Wildman–Crippen LogP) is 3.97. The van der Waals surface area contributed by atoms with Crippen LogP contribution in [0.2, 0.25) is 0 Å². The van der Waals surface area contributed by atoms with Crippen LogP contribution < -0.4 is 10.1 Å². The van der Waals surface area contributed by atoms with Crippen molar-refractivity contribution in [1.29, 1.82) is 0 Å². The number of benzene rings is 3. The van der Waals surface area contributed by atoms with Gasteiger partial charge in [0.2, 0.25) is 0 Å². The van der Waals surface area contributed by atoms with Crippen LogP contribution >= 0.6 is 0 Å². The Morgan fingerprint density at radius 1 is 0.846 bits per heavy atom. The predicted molar refractivity (Wildman–Crippen MR) is 102 cm³/mol. The number of aldehydes is 1. The van der Waals surface area contributed by atoms with E-state index in [1.165, 1.54) is 0 Å². The van der Waals surface area contributed by atoms with E-state index in [2.05, 4.69) is 5.32 Å². The van der Waals surface area contributed by atoms with Gasteiger partial charge in [-0.15, -0.1) is 0 Å². The second-order valence-corrected chi connectivity index (χ2v) is 5.73.